The number of hydrogen-bond acceptors (Lipinski definition) is 0. The van der Waals surface area contributed by atoms with Gasteiger partial charge in [0.1, 0.15) is 0 Å². The van der Waals surface area contributed by atoms with E-state index in [1.807, 2.05) is 37.3 Å². The topological polar surface area (TPSA) is 15.8 Å². The predicted molar refractivity (Wildman–Crippen MR) is 61.7 cm³/mol. The summed E-state index contributed by atoms with van der Waals surface area (Å²) in [4.78, 5) is 3.20. The molecule has 1 aromatic heterocycles. The summed E-state index contributed by atoms with van der Waals surface area (Å²) < 4.78 is 0.983. The highest BCUT2D eigenvalue weighted by atomic mass is 79.9. The van der Waals surface area contributed by atoms with Crippen LogP contribution in [-0.2, 0) is 0 Å². The molecule has 0 unspecified atom stereocenters. The zero-order valence-electron chi connectivity index (χ0n) is 7.55. The van der Waals surface area contributed by atoms with Crippen molar-refractivity contribution in [3.8, 4) is 0 Å². The van der Waals surface area contributed by atoms with E-state index in [1.165, 1.54) is 0 Å². The Hall–Kier alpha value is -1.02. The van der Waals surface area contributed by atoms with Gasteiger partial charge in [-0.05, 0) is 35.0 Å². The molecule has 0 aliphatic rings. The van der Waals surface area contributed by atoms with Gasteiger partial charge >= 0.3 is 0 Å². The molecule has 2 heteroatoms. The van der Waals surface area contributed by atoms with Gasteiger partial charge in [0.15, 0.2) is 0 Å². The Morgan fingerprint density at radius 2 is 2.23 bits per heavy atom. The van der Waals surface area contributed by atoms with Crippen LogP contribution in [0.3, 0.4) is 0 Å². The maximum absolute atomic E-state index is 3.67. The Morgan fingerprint density at radius 1 is 1.46 bits per heavy atom. The van der Waals surface area contributed by atoms with E-state index in [9.17, 15) is 0 Å². The SMILES string of the molecule is C=C/C=c1/cc(Br)[nH]/c1=C/C=C\C. The lowest BCUT2D eigenvalue weighted by Crippen LogP contribution is -2.21. The summed E-state index contributed by atoms with van der Waals surface area (Å²) >= 11 is 3.39. The molecule has 0 bridgehead atoms. The highest BCUT2D eigenvalue weighted by molar-refractivity contribution is 9.10. The van der Waals surface area contributed by atoms with Crippen LogP contribution in [0.4, 0.5) is 0 Å². The number of halogens is 1. The molecule has 1 rings (SSSR count). The van der Waals surface area contributed by atoms with Crippen LogP contribution in [0.25, 0.3) is 12.2 Å². The van der Waals surface area contributed by atoms with Crippen LogP contribution in [0.15, 0.2) is 35.5 Å². The van der Waals surface area contributed by atoms with E-state index in [4.69, 9.17) is 0 Å². The summed E-state index contributed by atoms with van der Waals surface area (Å²) in [6.45, 7) is 5.66. The monoisotopic (exact) mass is 237 g/mol. The van der Waals surface area contributed by atoms with E-state index in [0.717, 1.165) is 15.2 Å². The van der Waals surface area contributed by atoms with Gasteiger partial charge in [-0.2, -0.15) is 0 Å². The third-order valence-electron chi connectivity index (χ3n) is 1.60. The summed E-state index contributed by atoms with van der Waals surface area (Å²) in [6, 6.07) is 2.02. The van der Waals surface area contributed by atoms with E-state index >= 15 is 0 Å². The molecule has 0 aliphatic heterocycles. The molecule has 0 saturated heterocycles. The minimum Gasteiger partial charge on any atom is -0.349 e. The third kappa shape index (κ3) is 2.74. The number of aromatic amines is 1. The molecule has 0 saturated carbocycles. The number of hydrogen-bond donors (Lipinski definition) is 1. The second-order valence-corrected chi connectivity index (χ2v) is 3.44. The molecule has 68 valence electrons. The first-order valence-corrected chi connectivity index (χ1v) is 4.87. The summed E-state index contributed by atoms with van der Waals surface area (Å²) in [5, 5.41) is 2.23. The van der Waals surface area contributed by atoms with Crippen molar-refractivity contribution in [1.82, 2.24) is 4.98 Å². The van der Waals surface area contributed by atoms with Crippen molar-refractivity contribution >= 4 is 28.1 Å². The van der Waals surface area contributed by atoms with Gasteiger partial charge in [-0.3, -0.25) is 0 Å². The maximum atomic E-state index is 3.67. The van der Waals surface area contributed by atoms with Crippen LogP contribution in [0, 0.1) is 0 Å². The Kier molecular flexibility index (Phi) is 3.77. The predicted octanol–water partition coefficient (Wildman–Crippen LogP) is 2.10. The van der Waals surface area contributed by atoms with Crippen LogP contribution in [0.2, 0.25) is 0 Å². The zero-order valence-corrected chi connectivity index (χ0v) is 9.14. The first-order chi connectivity index (χ1) is 6.27. The standard InChI is InChI=1S/C11H12BrN/c1-3-5-7-10-9(6-4-2)8-11(12)13-10/h3-8,13H,2H2,1H3/b5-3-,9-6-,10-7+. The number of H-pyrrole nitrogens is 1. The van der Waals surface area contributed by atoms with Crippen molar-refractivity contribution in [2.45, 2.75) is 6.92 Å². The Labute approximate surface area is 86.3 Å². The number of aromatic nitrogens is 1. The van der Waals surface area contributed by atoms with Gasteiger partial charge < -0.3 is 4.98 Å². The van der Waals surface area contributed by atoms with E-state index in [1.54, 1.807) is 6.08 Å². The normalized spacial score (nSPS) is 14.3. The smallest absolute Gasteiger partial charge is 0.0830 e. The van der Waals surface area contributed by atoms with E-state index in [0.29, 0.717) is 0 Å². The summed E-state index contributed by atoms with van der Waals surface area (Å²) in [7, 11) is 0. The Balaban J connectivity index is 3.35. The fourth-order valence-corrected chi connectivity index (χ4v) is 1.51. The fraction of sp³-hybridized carbons (Fsp3) is 0.0909. The summed E-state index contributed by atoms with van der Waals surface area (Å²) in [5.74, 6) is 0. The molecule has 0 spiro atoms. The van der Waals surface area contributed by atoms with Crippen LogP contribution in [0.5, 0.6) is 0 Å². The second-order valence-electron chi connectivity index (χ2n) is 2.58. The molecule has 0 aromatic carbocycles. The molecule has 0 aliphatic carbocycles. The number of allylic oxidation sites excluding steroid dienone is 3. The average molecular weight is 238 g/mol. The highest BCUT2D eigenvalue weighted by Crippen LogP contribution is 1.96. The van der Waals surface area contributed by atoms with Gasteiger partial charge in [0.25, 0.3) is 0 Å². The maximum Gasteiger partial charge on any atom is 0.0830 e. The zero-order chi connectivity index (χ0) is 9.68. The molecule has 0 amide bonds. The van der Waals surface area contributed by atoms with E-state index in [2.05, 4.69) is 27.5 Å². The van der Waals surface area contributed by atoms with Crippen LogP contribution in [-0.4, -0.2) is 4.98 Å². The van der Waals surface area contributed by atoms with Crippen molar-refractivity contribution in [2.75, 3.05) is 0 Å². The molecular weight excluding hydrogens is 226 g/mol. The highest BCUT2D eigenvalue weighted by Gasteiger charge is 1.89. The first kappa shape index (κ1) is 10.1. The molecule has 1 heterocycles. The first-order valence-electron chi connectivity index (χ1n) is 4.08. The average Bonchev–Trinajstić information content (AvgIpc) is 2.44. The molecule has 1 nitrogen and oxygen atoms in total. The van der Waals surface area contributed by atoms with Crippen LogP contribution >= 0.6 is 15.9 Å². The lowest BCUT2D eigenvalue weighted by atomic mass is 10.3. The molecule has 0 radical (unpaired) electrons. The molecule has 13 heavy (non-hydrogen) atoms. The van der Waals surface area contributed by atoms with E-state index in [-0.39, 0.29) is 0 Å². The van der Waals surface area contributed by atoms with Crippen molar-refractivity contribution in [2.24, 2.45) is 0 Å². The van der Waals surface area contributed by atoms with Gasteiger partial charge in [0.05, 0.1) is 4.60 Å². The van der Waals surface area contributed by atoms with Crippen molar-refractivity contribution < 1.29 is 0 Å². The minimum absolute atomic E-state index is 0.983. The quantitative estimate of drug-likeness (QED) is 0.812. The largest absolute Gasteiger partial charge is 0.349 e. The third-order valence-corrected chi connectivity index (χ3v) is 2.03. The number of rotatable bonds is 2. The van der Waals surface area contributed by atoms with Crippen molar-refractivity contribution in [3.63, 3.8) is 0 Å². The number of nitrogens with one attached hydrogen (secondary N) is 1. The van der Waals surface area contributed by atoms with Gasteiger partial charge in [-0.15, -0.1) is 0 Å². The van der Waals surface area contributed by atoms with Gasteiger partial charge in [-0.1, -0.05) is 30.9 Å². The van der Waals surface area contributed by atoms with Gasteiger partial charge in [0, 0.05) is 10.6 Å². The van der Waals surface area contributed by atoms with Crippen LogP contribution < -0.4 is 10.6 Å². The van der Waals surface area contributed by atoms with Gasteiger partial charge in [0.2, 0.25) is 0 Å². The van der Waals surface area contributed by atoms with Crippen LogP contribution in [0.1, 0.15) is 6.92 Å². The lowest BCUT2D eigenvalue weighted by Gasteiger charge is -1.77. The van der Waals surface area contributed by atoms with E-state index < -0.39 is 0 Å². The molecular formula is C11H12BrN. The summed E-state index contributed by atoms with van der Waals surface area (Å²) in [5.41, 5.74) is 0. The summed E-state index contributed by atoms with van der Waals surface area (Å²) in [6.07, 6.45) is 9.77. The lowest BCUT2D eigenvalue weighted by molar-refractivity contribution is 1.28. The Bertz CT molecular complexity index is 423. The molecule has 1 aromatic rings. The molecule has 1 N–H and O–H groups in total. The fourth-order valence-electron chi connectivity index (χ4n) is 1.05. The minimum atomic E-state index is 0.983. The Morgan fingerprint density at radius 3 is 2.85 bits per heavy atom. The molecule has 0 fully saturated rings. The molecule has 0 atom stereocenters. The van der Waals surface area contributed by atoms with Crippen molar-refractivity contribution in [3.05, 3.63) is 46.0 Å². The van der Waals surface area contributed by atoms with Crippen molar-refractivity contribution in [1.29, 1.82) is 0 Å². The second kappa shape index (κ2) is 4.87. The van der Waals surface area contributed by atoms with Gasteiger partial charge in [-0.25, -0.2) is 0 Å².